The quantitative estimate of drug-likeness (QED) is 0.375. The summed E-state index contributed by atoms with van der Waals surface area (Å²) in [6, 6.07) is 18.9. The lowest BCUT2D eigenvalue weighted by atomic mass is 10.1. The van der Waals surface area contributed by atoms with Gasteiger partial charge < -0.3 is 10.2 Å². The SMILES string of the molecule is CC[C@H](C(=O)NC)N(Cc1ccccc1C)C(=O)CN(c1ccc(Cl)c(Cl)c1)S(=O)(=O)c1ccccc1. The van der Waals surface area contributed by atoms with Gasteiger partial charge in [-0.05, 0) is 54.8 Å². The Kier molecular flexibility index (Phi) is 9.59. The number of halogens is 2. The number of benzene rings is 3. The molecule has 3 rings (SSSR count). The molecule has 2 amide bonds. The topological polar surface area (TPSA) is 86.8 Å². The minimum atomic E-state index is -4.17. The van der Waals surface area contributed by atoms with Crippen LogP contribution in [0.1, 0.15) is 24.5 Å². The number of hydrogen-bond donors (Lipinski definition) is 1. The van der Waals surface area contributed by atoms with Crippen LogP contribution in [-0.2, 0) is 26.2 Å². The lowest BCUT2D eigenvalue weighted by molar-refractivity contribution is -0.140. The van der Waals surface area contributed by atoms with Gasteiger partial charge in [0.1, 0.15) is 12.6 Å². The van der Waals surface area contributed by atoms with Crippen LogP contribution in [0, 0.1) is 6.92 Å². The molecule has 1 N–H and O–H groups in total. The highest BCUT2D eigenvalue weighted by Crippen LogP contribution is 2.31. The largest absolute Gasteiger partial charge is 0.357 e. The van der Waals surface area contributed by atoms with Crippen LogP contribution in [0.25, 0.3) is 0 Å². The predicted molar refractivity (Wildman–Crippen MR) is 147 cm³/mol. The number of amides is 2. The lowest BCUT2D eigenvalue weighted by Gasteiger charge is -2.33. The molecule has 7 nitrogen and oxygen atoms in total. The van der Waals surface area contributed by atoms with E-state index in [1.807, 2.05) is 31.2 Å². The van der Waals surface area contributed by atoms with Gasteiger partial charge in [-0.2, -0.15) is 0 Å². The van der Waals surface area contributed by atoms with Crippen LogP contribution >= 0.6 is 23.2 Å². The zero-order valence-electron chi connectivity index (χ0n) is 20.8. The Hall–Kier alpha value is -3.07. The van der Waals surface area contributed by atoms with Crippen LogP contribution in [0.15, 0.2) is 77.7 Å². The van der Waals surface area contributed by atoms with Gasteiger partial charge >= 0.3 is 0 Å². The molecular formula is C27H29Cl2N3O4S. The van der Waals surface area contributed by atoms with E-state index in [1.165, 1.54) is 42.3 Å². The summed E-state index contributed by atoms with van der Waals surface area (Å²) < 4.78 is 28.5. The molecule has 10 heteroatoms. The fraction of sp³-hybridized carbons (Fsp3) is 0.259. The van der Waals surface area contributed by atoms with E-state index < -0.39 is 28.5 Å². The Balaban J connectivity index is 2.09. The average molecular weight is 563 g/mol. The van der Waals surface area contributed by atoms with Crippen molar-refractivity contribution in [1.82, 2.24) is 10.2 Å². The highest BCUT2D eigenvalue weighted by Gasteiger charge is 2.33. The molecule has 0 aromatic heterocycles. The molecule has 3 aromatic carbocycles. The number of aryl methyl sites for hydroxylation is 1. The number of sulfonamides is 1. The highest BCUT2D eigenvalue weighted by atomic mass is 35.5. The minimum Gasteiger partial charge on any atom is -0.357 e. The number of anilines is 1. The third kappa shape index (κ3) is 6.63. The Morgan fingerprint density at radius 3 is 2.19 bits per heavy atom. The van der Waals surface area contributed by atoms with E-state index in [9.17, 15) is 18.0 Å². The van der Waals surface area contributed by atoms with Crippen LogP contribution in [0.5, 0.6) is 0 Å². The van der Waals surface area contributed by atoms with E-state index in [1.54, 1.807) is 25.1 Å². The molecule has 0 radical (unpaired) electrons. The molecule has 3 aromatic rings. The third-order valence-electron chi connectivity index (χ3n) is 6.04. The summed E-state index contributed by atoms with van der Waals surface area (Å²) in [6.45, 7) is 3.31. The van der Waals surface area contributed by atoms with Crippen molar-refractivity contribution in [3.8, 4) is 0 Å². The zero-order chi connectivity index (χ0) is 27.2. The summed E-state index contributed by atoms with van der Waals surface area (Å²) in [6.07, 6.45) is 0.343. The molecule has 0 aliphatic heterocycles. The van der Waals surface area contributed by atoms with E-state index in [4.69, 9.17) is 23.2 Å². The number of carbonyl (C=O) groups is 2. The molecule has 0 saturated carbocycles. The van der Waals surface area contributed by atoms with E-state index in [2.05, 4.69) is 5.32 Å². The Labute approximate surface area is 228 Å². The van der Waals surface area contributed by atoms with E-state index >= 15 is 0 Å². The number of nitrogens with one attached hydrogen (secondary N) is 1. The molecule has 0 bridgehead atoms. The summed E-state index contributed by atoms with van der Waals surface area (Å²) in [4.78, 5) is 28.1. The summed E-state index contributed by atoms with van der Waals surface area (Å²) in [5, 5.41) is 3.01. The molecule has 0 aliphatic carbocycles. The summed E-state index contributed by atoms with van der Waals surface area (Å²) in [7, 11) is -2.66. The molecule has 1 atom stereocenters. The predicted octanol–water partition coefficient (Wildman–Crippen LogP) is 5.05. The van der Waals surface area contributed by atoms with Crippen LogP contribution in [0.4, 0.5) is 5.69 Å². The van der Waals surface area contributed by atoms with Crippen molar-refractivity contribution >= 4 is 50.7 Å². The maximum atomic E-state index is 13.9. The number of carbonyl (C=O) groups excluding carboxylic acids is 2. The van der Waals surface area contributed by atoms with Crippen molar-refractivity contribution < 1.29 is 18.0 Å². The first-order chi connectivity index (χ1) is 17.6. The fourth-order valence-electron chi connectivity index (χ4n) is 3.95. The molecule has 0 spiro atoms. The molecule has 0 unspecified atom stereocenters. The van der Waals surface area contributed by atoms with Crippen molar-refractivity contribution in [2.75, 3.05) is 17.9 Å². The van der Waals surface area contributed by atoms with Crippen molar-refractivity contribution in [1.29, 1.82) is 0 Å². The second-order valence-corrected chi connectivity index (χ2v) is 11.1. The second kappa shape index (κ2) is 12.4. The van der Waals surface area contributed by atoms with E-state index in [-0.39, 0.29) is 33.1 Å². The number of nitrogens with zero attached hydrogens (tertiary/aromatic N) is 2. The van der Waals surface area contributed by atoms with E-state index in [0.29, 0.717) is 6.42 Å². The van der Waals surface area contributed by atoms with Crippen LogP contribution < -0.4 is 9.62 Å². The number of hydrogen-bond acceptors (Lipinski definition) is 4. The minimum absolute atomic E-state index is 0.0117. The lowest BCUT2D eigenvalue weighted by Crippen LogP contribution is -2.51. The number of likely N-dealkylation sites (N-methyl/N-ethyl adjacent to an activating group) is 1. The fourth-order valence-corrected chi connectivity index (χ4v) is 5.67. The Morgan fingerprint density at radius 2 is 1.59 bits per heavy atom. The maximum absolute atomic E-state index is 13.9. The maximum Gasteiger partial charge on any atom is 0.264 e. The first kappa shape index (κ1) is 28.5. The Morgan fingerprint density at radius 1 is 0.946 bits per heavy atom. The normalized spacial score (nSPS) is 12.0. The van der Waals surface area contributed by atoms with Gasteiger partial charge in [0.05, 0.1) is 20.6 Å². The van der Waals surface area contributed by atoms with Crippen LogP contribution in [0.3, 0.4) is 0 Å². The first-order valence-electron chi connectivity index (χ1n) is 11.7. The van der Waals surface area contributed by atoms with Gasteiger partial charge in [-0.3, -0.25) is 13.9 Å². The van der Waals surface area contributed by atoms with Gasteiger partial charge in [0.15, 0.2) is 0 Å². The van der Waals surface area contributed by atoms with Gasteiger partial charge in [-0.25, -0.2) is 8.42 Å². The van der Waals surface area contributed by atoms with Crippen molar-refractivity contribution in [2.45, 2.75) is 37.8 Å². The van der Waals surface area contributed by atoms with Crippen molar-refractivity contribution in [3.63, 3.8) is 0 Å². The smallest absolute Gasteiger partial charge is 0.264 e. The highest BCUT2D eigenvalue weighted by molar-refractivity contribution is 7.92. The van der Waals surface area contributed by atoms with Gasteiger partial charge in [-0.1, -0.05) is 72.6 Å². The van der Waals surface area contributed by atoms with Crippen LogP contribution in [0.2, 0.25) is 10.0 Å². The summed E-state index contributed by atoms with van der Waals surface area (Å²) in [5.74, 6) is -0.874. The van der Waals surface area contributed by atoms with Gasteiger partial charge in [0.2, 0.25) is 11.8 Å². The summed E-state index contributed by atoms with van der Waals surface area (Å²) >= 11 is 12.3. The van der Waals surface area contributed by atoms with Gasteiger partial charge in [0.25, 0.3) is 10.0 Å². The third-order valence-corrected chi connectivity index (χ3v) is 8.56. The molecule has 0 aliphatic rings. The van der Waals surface area contributed by atoms with Crippen molar-refractivity contribution in [2.24, 2.45) is 0 Å². The Bertz CT molecular complexity index is 1370. The van der Waals surface area contributed by atoms with Crippen LogP contribution in [-0.4, -0.2) is 44.8 Å². The molecule has 196 valence electrons. The van der Waals surface area contributed by atoms with Gasteiger partial charge in [-0.15, -0.1) is 0 Å². The molecule has 0 fully saturated rings. The second-order valence-electron chi connectivity index (χ2n) is 8.41. The first-order valence-corrected chi connectivity index (χ1v) is 13.9. The summed E-state index contributed by atoms with van der Waals surface area (Å²) in [5.41, 5.74) is 1.98. The van der Waals surface area contributed by atoms with E-state index in [0.717, 1.165) is 15.4 Å². The molecule has 0 saturated heterocycles. The molecule has 37 heavy (non-hydrogen) atoms. The zero-order valence-corrected chi connectivity index (χ0v) is 23.1. The van der Waals surface area contributed by atoms with Gasteiger partial charge in [0, 0.05) is 13.6 Å². The monoisotopic (exact) mass is 561 g/mol. The molecule has 0 heterocycles. The average Bonchev–Trinajstić information content (AvgIpc) is 2.90. The molecular weight excluding hydrogens is 533 g/mol. The standard InChI is InChI=1S/C27H29Cl2N3O4S/c1-4-25(27(34)30-3)31(17-20-11-9-8-10-19(20)2)26(33)18-32(21-14-15-23(28)24(29)16-21)37(35,36)22-12-6-5-7-13-22/h5-16,25H,4,17-18H2,1-3H3,(H,30,34)/t25-/m1/s1. The van der Waals surface area contributed by atoms with Crippen molar-refractivity contribution in [3.05, 3.63) is 94.0 Å². The number of rotatable bonds is 10.